The SMILES string of the molecule is Cn1cc(CNCC2CCCC2CO)nn1. The van der Waals surface area contributed by atoms with E-state index in [1.807, 2.05) is 13.2 Å². The van der Waals surface area contributed by atoms with Gasteiger partial charge in [0.25, 0.3) is 0 Å². The molecule has 1 aliphatic carbocycles. The van der Waals surface area contributed by atoms with Crippen LogP contribution in [0.2, 0.25) is 0 Å². The van der Waals surface area contributed by atoms with E-state index in [-0.39, 0.29) is 0 Å². The number of nitrogens with one attached hydrogen (secondary N) is 1. The molecule has 1 aliphatic rings. The van der Waals surface area contributed by atoms with Gasteiger partial charge in [0, 0.05) is 26.4 Å². The summed E-state index contributed by atoms with van der Waals surface area (Å²) in [4.78, 5) is 0. The fraction of sp³-hybridized carbons (Fsp3) is 0.818. The Morgan fingerprint density at radius 1 is 1.50 bits per heavy atom. The van der Waals surface area contributed by atoms with Gasteiger partial charge in [-0.2, -0.15) is 0 Å². The van der Waals surface area contributed by atoms with Crippen molar-refractivity contribution in [1.82, 2.24) is 20.3 Å². The van der Waals surface area contributed by atoms with Crippen LogP contribution >= 0.6 is 0 Å². The van der Waals surface area contributed by atoms with Crippen molar-refractivity contribution in [1.29, 1.82) is 0 Å². The minimum absolute atomic E-state index is 0.331. The number of nitrogens with zero attached hydrogens (tertiary/aromatic N) is 3. The van der Waals surface area contributed by atoms with Crippen LogP contribution < -0.4 is 5.32 Å². The van der Waals surface area contributed by atoms with Gasteiger partial charge in [0.15, 0.2) is 0 Å². The molecule has 0 aliphatic heterocycles. The molecule has 90 valence electrons. The zero-order chi connectivity index (χ0) is 11.4. The van der Waals surface area contributed by atoms with Gasteiger partial charge < -0.3 is 10.4 Å². The number of aryl methyl sites for hydroxylation is 1. The first-order valence-electron chi connectivity index (χ1n) is 5.96. The third-order valence-corrected chi connectivity index (χ3v) is 3.41. The molecule has 2 rings (SSSR count). The van der Waals surface area contributed by atoms with Crippen molar-refractivity contribution in [3.05, 3.63) is 11.9 Å². The molecular formula is C11H20N4O. The second-order valence-electron chi connectivity index (χ2n) is 4.65. The Balaban J connectivity index is 1.71. The standard InChI is InChI=1S/C11H20N4O/c1-15-7-11(13-14-15)6-12-5-9-3-2-4-10(9)8-16/h7,9-10,12,16H,2-6,8H2,1H3. The van der Waals surface area contributed by atoms with E-state index in [2.05, 4.69) is 15.6 Å². The first-order chi connectivity index (χ1) is 7.79. The Bertz CT molecular complexity index is 326. The molecule has 0 saturated heterocycles. The smallest absolute Gasteiger partial charge is 0.0964 e. The molecular weight excluding hydrogens is 204 g/mol. The van der Waals surface area contributed by atoms with Crippen molar-refractivity contribution in [3.63, 3.8) is 0 Å². The number of aromatic nitrogens is 3. The van der Waals surface area contributed by atoms with Crippen molar-refractivity contribution in [2.75, 3.05) is 13.2 Å². The molecule has 16 heavy (non-hydrogen) atoms. The normalized spacial score (nSPS) is 25.1. The van der Waals surface area contributed by atoms with Crippen LogP contribution in [0.25, 0.3) is 0 Å². The van der Waals surface area contributed by atoms with Gasteiger partial charge >= 0.3 is 0 Å². The van der Waals surface area contributed by atoms with Crippen LogP contribution in [0.3, 0.4) is 0 Å². The lowest BCUT2D eigenvalue weighted by Crippen LogP contribution is -2.26. The van der Waals surface area contributed by atoms with E-state index < -0.39 is 0 Å². The van der Waals surface area contributed by atoms with E-state index in [0.717, 1.165) is 18.8 Å². The molecule has 2 N–H and O–H groups in total. The summed E-state index contributed by atoms with van der Waals surface area (Å²) in [6.07, 6.45) is 5.58. The zero-order valence-corrected chi connectivity index (χ0v) is 9.76. The van der Waals surface area contributed by atoms with Gasteiger partial charge in [0.1, 0.15) is 0 Å². The highest BCUT2D eigenvalue weighted by Gasteiger charge is 2.25. The fourth-order valence-corrected chi connectivity index (χ4v) is 2.48. The summed E-state index contributed by atoms with van der Waals surface area (Å²) < 4.78 is 1.71. The second kappa shape index (κ2) is 5.41. The third kappa shape index (κ3) is 2.80. The van der Waals surface area contributed by atoms with Gasteiger partial charge in [-0.25, -0.2) is 0 Å². The Labute approximate surface area is 95.8 Å². The Hall–Kier alpha value is -0.940. The molecule has 1 aromatic heterocycles. The summed E-state index contributed by atoms with van der Waals surface area (Å²) in [5, 5.41) is 20.5. The average Bonchev–Trinajstić information content (AvgIpc) is 2.87. The molecule has 1 fully saturated rings. The molecule has 1 heterocycles. The third-order valence-electron chi connectivity index (χ3n) is 3.41. The molecule has 5 heteroatoms. The molecule has 1 aromatic rings. The molecule has 0 bridgehead atoms. The van der Waals surface area contributed by atoms with Gasteiger partial charge in [0.2, 0.25) is 0 Å². The van der Waals surface area contributed by atoms with Crippen LogP contribution in [0.15, 0.2) is 6.20 Å². The van der Waals surface area contributed by atoms with Gasteiger partial charge in [-0.15, -0.1) is 5.10 Å². The van der Waals surface area contributed by atoms with Crippen molar-refractivity contribution >= 4 is 0 Å². The quantitative estimate of drug-likeness (QED) is 0.756. The van der Waals surface area contributed by atoms with Crippen LogP contribution in [0.5, 0.6) is 0 Å². The van der Waals surface area contributed by atoms with Crippen molar-refractivity contribution in [2.24, 2.45) is 18.9 Å². The van der Waals surface area contributed by atoms with Gasteiger partial charge in [-0.05, 0) is 31.2 Å². The van der Waals surface area contributed by atoms with Crippen LogP contribution in [0, 0.1) is 11.8 Å². The summed E-state index contributed by atoms with van der Waals surface area (Å²) in [5.74, 6) is 1.12. The van der Waals surface area contributed by atoms with Gasteiger partial charge in [-0.3, -0.25) is 4.68 Å². The summed E-state index contributed by atoms with van der Waals surface area (Å²) >= 11 is 0. The van der Waals surface area contributed by atoms with Crippen LogP contribution in [0.4, 0.5) is 0 Å². The number of rotatable bonds is 5. The van der Waals surface area contributed by atoms with E-state index in [1.54, 1.807) is 4.68 Å². The molecule has 0 radical (unpaired) electrons. The van der Waals surface area contributed by atoms with E-state index in [1.165, 1.54) is 19.3 Å². The predicted octanol–water partition coefficient (Wildman–Crippen LogP) is 0.313. The first-order valence-corrected chi connectivity index (χ1v) is 5.96. The van der Waals surface area contributed by atoms with E-state index in [9.17, 15) is 5.11 Å². The highest BCUT2D eigenvalue weighted by atomic mass is 16.3. The van der Waals surface area contributed by atoms with Crippen LogP contribution in [-0.2, 0) is 13.6 Å². The number of aliphatic hydroxyl groups excluding tert-OH is 1. The van der Waals surface area contributed by atoms with Crippen LogP contribution in [0.1, 0.15) is 25.0 Å². The largest absolute Gasteiger partial charge is 0.396 e. The summed E-state index contributed by atoms with van der Waals surface area (Å²) in [6.45, 7) is 2.07. The van der Waals surface area contributed by atoms with Gasteiger partial charge in [-0.1, -0.05) is 11.6 Å². The number of hydrogen-bond donors (Lipinski definition) is 2. The lowest BCUT2D eigenvalue weighted by Gasteiger charge is -2.17. The molecule has 0 spiro atoms. The fourth-order valence-electron chi connectivity index (χ4n) is 2.48. The number of aliphatic hydroxyl groups is 1. The molecule has 5 nitrogen and oxygen atoms in total. The lowest BCUT2D eigenvalue weighted by atomic mass is 9.97. The summed E-state index contributed by atoms with van der Waals surface area (Å²) in [6, 6.07) is 0. The van der Waals surface area contributed by atoms with Gasteiger partial charge in [0.05, 0.1) is 5.69 Å². The zero-order valence-electron chi connectivity index (χ0n) is 9.76. The highest BCUT2D eigenvalue weighted by molar-refractivity contribution is 4.91. The van der Waals surface area contributed by atoms with E-state index in [4.69, 9.17) is 0 Å². The van der Waals surface area contributed by atoms with Crippen molar-refractivity contribution in [2.45, 2.75) is 25.8 Å². The van der Waals surface area contributed by atoms with Crippen molar-refractivity contribution in [3.8, 4) is 0 Å². The minimum Gasteiger partial charge on any atom is -0.396 e. The minimum atomic E-state index is 0.331. The maximum absolute atomic E-state index is 9.20. The second-order valence-corrected chi connectivity index (χ2v) is 4.65. The maximum atomic E-state index is 9.20. The van der Waals surface area contributed by atoms with Crippen LogP contribution in [-0.4, -0.2) is 33.3 Å². The Kier molecular flexibility index (Phi) is 3.90. The lowest BCUT2D eigenvalue weighted by molar-refractivity contribution is 0.192. The Morgan fingerprint density at radius 3 is 3.00 bits per heavy atom. The summed E-state index contributed by atoms with van der Waals surface area (Å²) in [5.41, 5.74) is 0.973. The molecule has 0 amide bonds. The van der Waals surface area contributed by atoms with E-state index in [0.29, 0.717) is 18.4 Å². The summed E-state index contributed by atoms with van der Waals surface area (Å²) in [7, 11) is 1.87. The maximum Gasteiger partial charge on any atom is 0.0964 e. The molecule has 1 saturated carbocycles. The average molecular weight is 224 g/mol. The Morgan fingerprint density at radius 2 is 2.31 bits per heavy atom. The highest BCUT2D eigenvalue weighted by Crippen LogP contribution is 2.30. The molecule has 0 aromatic carbocycles. The van der Waals surface area contributed by atoms with E-state index >= 15 is 0 Å². The monoisotopic (exact) mass is 224 g/mol. The first kappa shape index (κ1) is 11.5. The molecule has 2 unspecified atom stereocenters. The topological polar surface area (TPSA) is 63.0 Å². The molecule has 2 atom stereocenters. The predicted molar refractivity (Wildman–Crippen MR) is 60.6 cm³/mol. The number of hydrogen-bond acceptors (Lipinski definition) is 4. The van der Waals surface area contributed by atoms with Crippen molar-refractivity contribution < 1.29 is 5.11 Å².